The number of nitrogens with zero attached hydrogens (tertiary/aromatic N) is 2. The third-order valence-corrected chi connectivity index (χ3v) is 4.58. The van der Waals surface area contributed by atoms with Crippen LogP contribution in [0, 0.1) is 5.82 Å². The molecule has 7 heteroatoms. The first-order chi connectivity index (χ1) is 13.6. The third-order valence-electron chi connectivity index (χ3n) is 4.58. The highest BCUT2D eigenvalue weighted by Crippen LogP contribution is 2.23. The number of carbonyl (C=O) groups excluding carboxylic acids is 2. The molecule has 0 aliphatic rings. The molecule has 0 bridgehead atoms. The van der Waals surface area contributed by atoms with Gasteiger partial charge in [-0.2, -0.15) is 0 Å². The number of rotatable bonds is 5. The van der Waals surface area contributed by atoms with Gasteiger partial charge in [-0.1, -0.05) is 45.0 Å². The lowest BCUT2D eigenvalue weighted by Crippen LogP contribution is -2.21. The van der Waals surface area contributed by atoms with E-state index in [0.717, 1.165) is 5.56 Å². The van der Waals surface area contributed by atoms with Crippen LogP contribution in [0.5, 0.6) is 0 Å². The van der Waals surface area contributed by atoms with Crippen molar-refractivity contribution in [1.29, 1.82) is 0 Å². The van der Waals surface area contributed by atoms with Gasteiger partial charge in [-0.3, -0.25) is 9.59 Å². The van der Waals surface area contributed by atoms with E-state index in [0.29, 0.717) is 6.54 Å². The maximum absolute atomic E-state index is 13.0. The quantitative estimate of drug-likeness (QED) is 0.691. The number of primary amides is 1. The van der Waals surface area contributed by atoms with E-state index in [-0.39, 0.29) is 22.5 Å². The number of aromatic nitrogens is 2. The Morgan fingerprint density at radius 2 is 1.69 bits per heavy atom. The number of hydrogen-bond donors (Lipinski definition) is 2. The van der Waals surface area contributed by atoms with Crippen molar-refractivity contribution >= 4 is 17.6 Å². The van der Waals surface area contributed by atoms with Crippen LogP contribution in [0.15, 0.2) is 54.9 Å². The summed E-state index contributed by atoms with van der Waals surface area (Å²) >= 11 is 0. The molecule has 0 spiro atoms. The monoisotopic (exact) mass is 394 g/mol. The maximum atomic E-state index is 13.0. The van der Waals surface area contributed by atoms with Gasteiger partial charge in [-0.25, -0.2) is 9.37 Å². The van der Waals surface area contributed by atoms with Crippen molar-refractivity contribution in [2.45, 2.75) is 32.7 Å². The smallest absolute Gasteiger partial charge is 0.269 e. The predicted molar refractivity (Wildman–Crippen MR) is 109 cm³/mol. The molecule has 3 aromatic rings. The van der Waals surface area contributed by atoms with Crippen molar-refractivity contribution in [3.63, 3.8) is 0 Å². The summed E-state index contributed by atoms with van der Waals surface area (Å²) in [5.41, 5.74) is 8.09. The Labute approximate surface area is 168 Å². The molecule has 0 aliphatic heterocycles. The molecule has 0 radical (unpaired) electrons. The van der Waals surface area contributed by atoms with Gasteiger partial charge in [0.1, 0.15) is 5.82 Å². The largest absolute Gasteiger partial charge is 0.364 e. The Kier molecular flexibility index (Phi) is 5.50. The molecule has 2 aromatic carbocycles. The van der Waals surface area contributed by atoms with Crippen LogP contribution in [-0.2, 0) is 12.0 Å². The van der Waals surface area contributed by atoms with Gasteiger partial charge in [0, 0.05) is 12.1 Å². The molecule has 150 valence electrons. The molecule has 1 heterocycles. The average Bonchev–Trinajstić information content (AvgIpc) is 3.04. The minimum Gasteiger partial charge on any atom is -0.364 e. The number of nitrogens with two attached hydrogens (primary N) is 1. The summed E-state index contributed by atoms with van der Waals surface area (Å²) < 4.78 is 14.6. The van der Waals surface area contributed by atoms with Crippen LogP contribution >= 0.6 is 0 Å². The van der Waals surface area contributed by atoms with Gasteiger partial charge in [0.15, 0.2) is 11.5 Å². The first kappa shape index (κ1) is 20.3. The Bertz CT molecular complexity index is 1030. The fraction of sp³-hybridized carbons (Fsp3) is 0.227. The normalized spacial score (nSPS) is 11.3. The maximum Gasteiger partial charge on any atom is 0.269 e. The lowest BCUT2D eigenvalue weighted by Gasteiger charge is -2.19. The third kappa shape index (κ3) is 4.68. The zero-order valence-corrected chi connectivity index (χ0v) is 16.6. The van der Waals surface area contributed by atoms with Crippen LogP contribution in [0.25, 0.3) is 0 Å². The summed E-state index contributed by atoms with van der Waals surface area (Å²) in [5.74, 6) is -1.59. The molecule has 0 atom stereocenters. The van der Waals surface area contributed by atoms with E-state index in [2.05, 4.69) is 31.1 Å². The molecule has 0 saturated carbocycles. The highest BCUT2D eigenvalue weighted by atomic mass is 19.1. The van der Waals surface area contributed by atoms with Crippen LogP contribution in [0.3, 0.4) is 0 Å². The Balaban J connectivity index is 1.82. The van der Waals surface area contributed by atoms with Crippen molar-refractivity contribution in [2.75, 3.05) is 5.32 Å². The van der Waals surface area contributed by atoms with Crippen LogP contribution in [0.4, 0.5) is 10.2 Å². The van der Waals surface area contributed by atoms with Gasteiger partial charge in [0.2, 0.25) is 0 Å². The molecule has 2 amide bonds. The summed E-state index contributed by atoms with van der Waals surface area (Å²) in [6, 6.07) is 13.1. The molecule has 0 aliphatic carbocycles. The minimum atomic E-state index is -0.705. The zero-order chi connectivity index (χ0) is 21.2. The first-order valence-corrected chi connectivity index (χ1v) is 9.16. The zero-order valence-electron chi connectivity index (χ0n) is 16.6. The van der Waals surface area contributed by atoms with Crippen LogP contribution in [0.2, 0.25) is 0 Å². The first-order valence-electron chi connectivity index (χ1n) is 9.16. The number of amides is 2. The number of halogens is 1. The standard InChI is InChI=1S/C22H23FN4O2/c1-22(2,3)16-8-4-14(5-9-16)12-27-13-25-20(18(27)19(24)28)26-21(29)15-6-10-17(23)11-7-15/h4-11,13H,12H2,1-3H3,(H2,24,28)(H,26,29). The number of carbonyl (C=O) groups is 2. The molecule has 29 heavy (non-hydrogen) atoms. The van der Waals surface area contributed by atoms with Crippen LogP contribution < -0.4 is 11.1 Å². The van der Waals surface area contributed by atoms with Gasteiger partial charge < -0.3 is 15.6 Å². The van der Waals surface area contributed by atoms with Crippen LogP contribution in [-0.4, -0.2) is 21.4 Å². The molecule has 0 fully saturated rings. The number of benzene rings is 2. The number of anilines is 1. The lowest BCUT2D eigenvalue weighted by molar-refractivity contribution is 0.0993. The molecule has 6 nitrogen and oxygen atoms in total. The van der Waals surface area contributed by atoms with E-state index in [1.807, 2.05) is 24.3 Å². The topological polar surface area (TPSA) is 90.0 Å². The molecule has 3 rings (SSSR count). The van der Waals surface area contributed by atoms with E-state index < -0.39 is 17.6 Å². The number of nitrogens with one attached hydrogen (secondary N) is 1. The van der Waals surface area contributed by atoms with E-state index in [4.69, 9.17) is 5.73 Å². The summed E-state index contributed by atoms with van der Waals surface area (Å²) in [6.45, 7) is 6.79. The van der Waals surface area contributed by atoms with Crippen molar-refractivity contribution in [2.24, 2.45) is 5.73 Å². The van der Waals surface area contributed by atoms with E-state index >= 15 is 0 Å². The van der Waals surface area contributed by atoms with Gasteiger partial charge >= 0.3 is 0 Å². The van der Waals surface area contributed by atoms with Crippen molar-refractivity contribution < 1.29 is 14.0 Å². The van der Waals surface area contributed by atoms with Crippen molar-refractivity contribution in [1.82, 2.24) is 9.55 Å². The second kappa shape index (κ2) is 7.87. The van der Waals surface area contributed by atoms with Gasteiger partial charge in [-0.15, -0.1) is 0 Å². The fourth-order valence-corrected chi connectivity index (χ4v) is 2.94. The minimum absolute atomic E-state index is 0.0454. The second-order valence-corrected chi connectivity index (χ2v) is 7.84. The fourth-order valence-electron chi connectivity index (χ4n) is 2.94. The van der Waals surface area contributed by atoms with Crippen molar-refractivity contribution in [3.8, 4) is 0 Å². The van der Waals surface area contributed by atoms with Crippen molar-refractivity contribution in [3.05, 3.63) is 83.1 Å². The second-order valence-electron chi connectivity index (χ2n) is 7.84. The molecule has 3 N–H and O–H groups in total. The molecule has 0 unspecified atom stereocenters. The Morgan fingerprint density at radius 3 is 2.24 bits per heavy atom. The molecule has 0 saturated heterocycles. The summed E-state index contributed by atoms with van der Waals surface area (Å²) in [6.07, 6.45) is 1.46. The Hall–Kier alpha value is -3.48. The Morgan fingerprint density at radius 1 is 1.07 bits per heavy atom. The van der Waals surface area contributed by atoms with Crippen LogP contribution in [0.1, 0.15) is 52.7 Å². The van der Waals surface area contributed by atoms with Gasteiger partial charge in [0.05, 0.1) is 6.33 Å². The summed E-state index contributed by atoms with van der Waals surface area (Å²) in [5, 5.41) is 2.57. The predicted octanol–water partition coefficient (Wildman–Crippen LogP) is 3.72. The SMILES string of the molecule is CC(C)(C)c1ccc(Cn2cnc(NC(=O)c3ccc(F)cc3)c2C(N)=O)cc1. The van der Waals surface area contributed by atoms with Gasteiger partial charge in [-0.05, 0) is 40.8 Å². The summed E-state index contributed by atoms with van der Waals surface area (Å²) in [4.78, 5) is 28.5. The highest BCUT2D eigenvalue weighted by Gasteiger charge is 2.19. The molecular weight excluding hydrogens is 371 g/mol. The van der Waals surface area contributed by atoms with Gasteiger partial charge in [0.25, 0.3) is 11.8 Å². The molecule has 1 aromatic heterocycles. The number of imidazole rings is 1. The average molecular weight is 394 g/mol. The van der Waals surface area contributed by atoms with E-state index in [1.165, 1.54) is 36.2 Å². The highest BCUT2D eigenvalue weighted by molar-refractivity contribution is 6.07. The van der Waals surface area contributed by atoms with E-state index in [1.54, 1.807) is 4.57 Å². The number of hydrogen-bond acceptors (Lipinski definition) is 3. The lowest BCUT2D eigenvalue weighted by atomic mass is 9.87. The summed E-state index contributed by atoms with van der Waals surface area (Å²) in [7, 11) is 0. The molecular formula is C22H23FN4O2. The van der Waals surface area contributed by atoms with E-state index in [9.17, 15) is 14.0 Å².